The molecule has 1 aliphatic carbocycles. The Morgan fingerprint density at radius 1 is 1.40 bits per heavy atom. The molecule has 0 aromatic rings. The minimum atomic E-state index is -4.82. The molecule has 1 fully saturated rings. The molecule has 1 aliphatic heterocycles. The standard InChI is InChI=1S/C15H22F3NO5S/c1-8(2)7-19-25(22,23)10-3-4-12-9(5-10)6-11(14(20)21)13(24-12)15(16,17)18/h6,8-10,12-13,19H,3-5,7H2,1-2H3,(H,20,21). The van der Waals surface area contributed by atoms with E-state index in [-0.39, 0.29) is 31.7 Å². The van der Waals surface area contributed by atoms with E-state index in [0.29, 0.717) is 0 Å². The highest BCUT2D eigenvalue weighted by Crippen LogP contribution is 2.41. The van der Waals surface area contributed by atoms with Crippen molar-refractivity contribution in [2.24, 2.45) is 11.8 Å². The fourth-order valence-electron chi connectivity index (χ4n) is 3.17. The third-order valence-electron chi connectivity index (χ3n) is 4.45. The van der Waals surface area contributed by atoms with E-state index in [1.54, 1.807) is 0 Å². The Bertz CT molecular complexity index is 644. The van der Waals surface area contributed by atoms with Crippen molar-refractivity contribution in [1.29, 1.82) is 0 Å². The zero-order valence-electron chi connectivity index (χ0n) is 13.9. The second-order valence-electron chi connectivity index (χ2n) is 6.91. The molecule has 1 saturated carbocycles. The molecule has 4 atom stereocenters. The number of ether oxygens (including phenoxy) is 1. The van der Waals surface area contributed by atoms with E-state index in [2.05, 4.69) is 4.72 Å². The maximum absolute atomic E-state index is 13.0. The molecular formula is C15H22F3NO5S. The number of rotatable bonds is 5. The van der Waals surface area contributed by atoms with Gasteiger partial charge in [-0.25, -0.2) is 17.9 Å². The molecule has 1 heterocycles. The van der Waals surface area contributed by atoms with Gasteiger partial charge in [-0.05, 0) is 25.2 Å². The molecule has 0 spiro atoms. The highest BCUT2D eigenvalue weighted by Gasteiger charge is 2.51. The molecule has 4 unspecified atom stereocenters. The summed E-state index contributed by atoms with van der Waals surface area (Å²) >= 11 is 0. The average Bonchev–Trinajstić information content (AvgIpc) is 2.50. The van der Waals surface area contributed by atoms with Gasteiger partial charge in [-0.15, -0.1) is 0 Å². The summed E-state index contributed by atoms with van der Waals surface area (Å²) in [6.07, 6.45) is -6.75. The molecule has 6 nitrogen and oxygen atoms in total. The normalized spacial score (nSPS) is 30.7. The van der Waals surface area contributed by atoms with Crippen molar-refractivity contribution < 1.29 is 36.2 Å². The van der Waals surface area contributed by atoms with E-state index in [1.165, 1.54) is 0 Å². The predicted molar refractivity (Wildman–Crippen MR) is 83.3 cm³/mol. The zero-order valence-corrected chi connectivity index (χ0v) is 14.7. The molecular weight excluding hydrogens is 363 g/mol. The van der Waals surface area contributed by atoms with Crippen molar-refractivity contribution in [3.05, 3.63) is 11.6 Å². The molecule has 2 aliphatic rings. The number of alkyl halides is 3. The first-order chi connectivity index (χ1) is 11.4. The summed E-state index contributed by atoms with van der Waals surface area (Å²) in [5.41, 5.74) is -0.873. The van der Waals surface area contributed by atoms with Crippen molar-refractivity contribution in [3.8, 4) is 0 Å². The number of carbonyl (C=O) groups is 1. The molecule has 2 rings (SSSR count). The summed E-state index contributed by atoms with van der Waals surface area (Å²) in [5.74, 6) is -2.25. The molecule has 0 aromatic heterocycles. The highest BCUT2D eigenvalue weighted by atomic mass is 32.2. The monoisotopic (exact) mass is 385 g/mol. The lowest BCUT2D eigenvalue weighted by Crippen LogP contribution is -2.49. The molecule has 0 saturated heterocycles. The van der Waals surface area contributed by atoms with E-state index in [4.69, 9.17) is 9.84 Å². The number of halogens is 3. The van der Waals surface area contributed by atoms with Crippen LogP contribution in [0.5, 0.6) is 0 Å². The van der Waals surface area contributed by atoms with E-state index >= 15 is 0 Å². The van der Waals surface area contributed by atoms with Gasteiger partial charge in [0.1, 0.15) is 0 Å². The van der Waals surface area contributed by atoms with Crippen LogP contribution in [-0.2, 0) is 19.6 Å². The first-order valence-corrected chi connectivity index (χ1v) is 9.62. The maximum atomic E-state index is 13.0. The van der Waals surface area contributed by atoms with Crippen molar-refractivity contribution in [1.82, 2.24) is 4.72 Å². The van der Waals surface area contributed by atoms with Gasteiger partial charge in [-0.2, -0.15) is 13.2 Å². The summed E-state index contributed by atoms with van der Waals surface area (Å²) < 4.78 is 71.2. The fourth-order valence-corrected chi connectivity index (χ4v) is 4.89. The van der Waals surface area contributed by atoms with Crippen LogP contribution >= 0.6 is 0 Å². The Kier molecular flexibility index (Phi) is 5.85. The van der Waals surface area contributed by atoms with E-state index in [1.807, 2.05) is 13.8 Å². The van der Waals surface area contributed by atoms with Gasteiger partial charge in [0.15, 0.2) is 6.10 Å². The van der Waals surface area contributed by atoms with Crippen molar-refractivity contribution in [2.45, 2.75) is 56.7 Å². The van der Waals surface area contributed by atoms with Crippen LogP contribution in [0.4, 0.5) is 13.2 Å². The maximum Gasteiger partial charge on any atom is 0.419 e. The molecule has 144 valence electrons. The first-order valence-electron chi connectivity index (χ1n) is 8.07. The van der Waals surface area contributed by atoms with E-state index < -0.39 is 51.1 Å². The average molecular weight is 385 g/mol. The molecule has 25 heavy (non-hydrogen) atoms. The number of hydrogen-bond donors (Lipinski definition) is 2. The number of aliphatic carboxylic acids is 1. The quantitative estimate of drug-likeness (QED) is 0.756. The van der Waals surface area contributed by atoms with Crippen LogP contribution in [-0.4, -0.2) is 49.7 Å². The van der Waals surface area contributed by atoms with Crippen LogP contribution in [0.2, 0.25) is 0 Å². The second kappa shape index (κ2) is 7.24. The largest absolute Gasteiger partial charge is 0.478 e. The summed E-state index contributed by atoms with van der Waals surface area (Å²) in [6, 6.07) is 0. The Labute approximate surface area is 144 Å². The summed E-state index contributed by atoms with van der Waals surface area (Å²) in [4.78, 5) is 11.2. The van der Waals surface area contributed by atoms with Crippen molar-refractivity contribution in [2.75, 3.05) is 6.54 Å². The van der Waals surface area contributed by atoms with Crippen LogP contribution in [0.15, 0.2) is 11.6 Å². The van der Waals surface area contributed by atoms with Gasteiger partial charge >= 0.3 is 12.1 Å². The van der Waals surface area contributed by atoms with E-state index in [9.17, 15) is 26.4 Å². The number of carboxylic acid groups (broad SMARTS) is 1. The molecule has 0 amide bonds. The molecule has 0 bridgehead atoms. The lowest BCUT2D eigenvalue weighted by Gasteiger charge is -2.40. The smallest absolute Gasteiger partial charge is 0.419 e. The lowest BCUT2D eigenvalue weighted by molar-refractivity contribution is -0.232. The summed E-state index contributed by atoms with van der Waals surface area (Å²) in [7, 11) is -3.61. The first kappa shape index (κ1) is 20.2. The van der Waals surface area contributed by atoms with Crippen LogP contribution in [0.25, 0.3) is 0 Å². The lowest BCUT2D eigenvalue weighted by atomic mass is 9.82. The van der Waals surface area contributed by atoms with E-state index in [0.717, 1.165) is 6.08 Å². The zero-order chi connectivity index (χ0) is 19.0. The van der Waals surface area contributed by atoms with Gasteiger partial charge in [0, 0.05) is 12.5 Å². The third-order valence-corrected chi connectivity index (χ3v) is 6.32. The molecule has 0 aromatic carbocycles. The minimum absolute atomic E-state index is 0.0411. The van der Waals surface area contributed by atoms with Gasteiger partial charge in [0.2, 0.25) is 10.0 Å². The molecule has 0 radical (unpaired) electrons. The number of hydrogen-bond acceptors (Lipinski definition) is 4. The Morgan fingerprint density at radius 3 is 2.56 bits per heavy atom. The topological polar surface area (TPSA) is 92.7 Å². The number of sulfonamides is 1. The minimum Gasteiger partial charge on any atom is -0.478 e. The van der Waals surface area contributed by atoms with Crippen molar-refractivity contribution in [3.63, 3.8) is 0 Å². The van der Waals surface area contributed by atoms with Gasteiger partial charge in [-0.3, -0.25) is 0 Å². The summed E-state index contributed by atoms with van der Waals surface area (Å²) in [5, 5.41) is 8.28. The van der Waals surface area contributed by atoms with Gasteiger partial charge < -0.3 is 9.84 Å². The van der Waals surface area contributed by atoms with Crippen LogP contribution < -0.4 is 4.72 Å². The predicted octanol–water partition coefficient (Wildman–Crippen LogP) is 2.07. The van der Waals surface area contributed by atoms with Crippen LogP contribution in [0.3, 0.4) is 0 Å². The number of fused-ring (bicyclic) bond motifs is 1. The summed E-state index contributed by atoms with van der Waals surface area (Å²) in [6.45, 7) is 3.98. The van der Waals surface area contributed by atoms with Crippen LogP contribution in [0, 0.1) is 11.8 Å². The SMILES string of the molecule is CC(C)CNS(=O)(=O)C1CCC2OC(C(F)(F)F)C(C(=O)O)=CC2C1. The Balaban J connectivity index is 2.19. The van der Waals surface area contributed by atoms with Crippen LogP contribution in [0.1, 0.15) is 33.1 Å². The Morgan fingerprint density at radius 2 is 2.04 bits per heavy atom. The number of nitrogens with one attached hydrogen (secondary N) is 1. The fraction of sp³-hybridized carbons (Fsp3) is 0.800. The molecule has 10 heteroatoms. The van der Waals surface area contributed by atoms with Gasteiger partial charge in [-0.1, -0.05) is 19.9 Å². The second-order valence-corrected chi connectivity index (χ2v) is 8.95. The number of carboxylic acids is 1. The highest BCUT2D eigenvalue weighted by molar-refractivity contribution is 7.90. The van der Waals surface area contributed by atoms with Gasteiger partial charge in [0.25, 0.3) is 0 Å². The third kappa shape index (κ3) is 4.73. The van der Waals surface area contributed by atoms with Gasteiger partial charge in [0.05, 0.1) is 16.9 Å². The Hall–Kier alpha value is -1.13. The molecule has 2 N–H and O–H groups in total. The van der Waals surface area contributed by atoms with Crippen molar-refractivity contribution >= 4 is 16.0 Å².